The third kappa shape index (κ3) is 2.88. The van der Waals surface area contributed by atoms with Crippen LogP contribution >= 0.6 is 11.3 Å². The standard InChI is InChI=1S/C15H20N2O2S/c1-4-9(2)8-17-15(18)14-13(16)11-6-5-10(19-3)7-12(11)20-14/h5-7,9H,4,8,16H2,1-3H3,(H,17,18). The third-order valence-electron chi connectivity index (χ3n) is 3.45. The van der Waals surface area contributed by atoms with E-state index in [-0.39, 0.29) is 5.91 Å². The topological polar surface area (TPSA) is 64.3 Å². The molecule has 1 aromatic heterocycles. The van der Waals surface area contributed by atoms with Crippen LogP contribution in [0.25, 0.3) is 10.1 Å². The Morgan fingerprint density at radius 1 is 1.50 bits per heavy atom. The van der Waals surface area contributed by atoms with Crippen LogP contribution in [0.1, 0.15) is 29.9 Å². The number of methoxy groups -OCH3 is 1. The molecule has 0 aliphatic heterocycles. The Morgan fingerprint density at radius 3 is 2.90 bits per heavy atom. The zero-order valence-electron chi connectivity index (χ0n) is 12.0. The minimum Gasteiger partial charge on any atom is -0.497 e. The van der Waals surface area contributed by atoms with Gasteiger partial charge in [0.05, 0.1) is 12.8 Å². The fourth-order valence-electron chi connectivity index (χ4n) is 1.88. The number of rotatable bonds is 5. The lowest BCUT2D eigenvalue weighted by molar-refractivity contribution is 0.0953. The van der Waals surface area contributed by atoms with Crippen molar-refractivity contribution in [1.82, 2.24) is 5.32 Å². The van der Waals surface area contributed by atoms with E-state index in [1.54, 1.807) is 7.11 Å². The number of amides is 1. The van der Waals surface area contributed by atoms with Crippen molar-refractivity contribution in [3.63, 3.8) is 0 Å². The van der Waals surface area contributed by atoms with Crippen molar-refractivity contribution >= 4 is 33.0 Å². The van der Waals surface area contributed by atoms with Gasteiger partial charge in [0, 0.05) is 16.6 Å². The number of hydrogen-bond donors (Lipinski definition) is 2. The largest absolute Gasteiger partial charge is 0.497 e. The maximum absolute atomic E-state index is 12.2. The number of carbonyl (C=O) groups is 1. The molecule has 3 N–H and O–H groups in total. The van der Waals surface area contributed by atoms with Crippen molar-refractivity contribution in [3.05, 3.63) is 23.1 Å². The van der Waals surface area contributed by atoms with Gasteiger partial charge in [0.1, 0.15) is 10.6 Å². The van der Waals surface area contributed by atoms with Crippen LogP contribution in [-0.4, -0.2) is 19.6 Å². The molecular formula is C15H20N2O2S. The summed E-state index contributed by atoms with van der Waals surface area (Å²) in [7, 11) is 1.62. The summed E-state index contributed by atoms with van der Waals surface area (Å²) in [5, 5.41) is 3.85. The average molecular weight is 292 g/mol. The molecule has 2 aromatic rings. The molecule has 1 atom stereocenters. The van der Waals surface area contributed by atoms with E-state index < -0.39 is 0 Å². The van der Waals surface area contributed by atoms with Crippen LogP contribution in [0.15, 0.2) is 18.2 Å². The predicted octanol–water partition coefficient (Wildman–Crippen LogP) is 3.27. The number of hydrogen-bond acceptors (Lipinski definition) is 4. The highest BCUT2D eigenvalue weighted by Gasteiger charge is 2.17. The predicted molar refractivity (Wildman–Crippen MR) is 84.6 cm³/mol. The molecule has 1 unspecified atom stereocenters. The van der Waals surface area contributed by atoms with Gasteiger partial charge < -0.3 is 15.8 Å². The molecule has 0 spiro atoms. The van der Waals surface area contributed by atoms with Crippen LogP contribution in [-0.2, 0) is 0 Å². The Bertz CT molecular complexity index is 622. The summed E-state index contributed by atoms with van der Waals surface area (Å²) < 4.78 is 6.16. The molecule has 0 saturated carbocycles. The molecule has 0 bridgehead atoms. The Balaban J connectivity index is 2.25. The van der Waals surface area contributed by atoms with Crippen LogP contribution in [0.2, 0.25) is 0 Å². The van der Waals surface area contributed by atoms with Crippen LogP contribution in [0.5, 0.6) is 5.75 Å². The second-order valence-electron chi connectivity index (χ2n) is 4.93. The lowest BCUT2D eigenvalue weighted by atomic mass is 10.1. The summed E-state index contributed by atoms with van der Waals surface area (Å²) in [5.41, 5.74) is 6.63. The van der Waals surface area contributed by atoms with E-state index in [1.165, 1.54) is 11.3 Å². The highest BCUT2D eigenvalue weighted by Crippen LogP contribution is 2.35. The van der Waals surface area contributed by atoms with Gasteiger partial charge in [-0.1, -0.05) is 20.3 Å². The molecule has 1 aromatic carbocycles. The normalized spacial score (nSPS) is 12.3. The van der Waals surface area contributed by atoms with E-state index >= 15 is 0 Å². The minimum atomic E-state index is -0.0945. The first-order valence-corrected chi connectivity index (χ1v) is 7.52. The Morgan fingerprint density at radius 2 is 2.25 bits per heavy atom. The first kappa shape index (κ1) is 14.7. The molecule has 4 nitrogen and oxygen atoms in total. The summed E-state index contributed by atoms with van der Waals surface area (Å²) in [6, 6.07) is 5.65. The lowest BCUT2D eigenvalue weighted by Crippen LogP contribution is -2.27. The molecule has 2 rings (SSSR count). The van der Waals surface area contributed by atoms with Gasteiger partial charge in [-0.05, 0) is 24.1 Å². The quantitative estimate of drug-likeness (QED) is 0.889. The second kappa shape index (κ2) is 6.13. The van der Waals surface area contributed by atoms with Crippen molar-refractivity contribution in [2.75, 3.05) is 19.4 Å². The van der Waals surface area contributed by atoms with Gasteiger partial charge >= 0.3 is 0 Å². The van der Waals surface area contributed by atoms with Crippen LogP contribution < -0.4 is 15.8 Å². The number of thiophene rings is 1. The summed E-state index contributed by atoms with van der Waals surface area (Å²) in [4.78, 5) is 12.8. The van der Waals surface area contributed by atoms with Gasteiger partial charge in [0.15, 0.2) is 0 Å². The van der Waals surface area contributed by atoms with Crippen LogP contribution in [0.3, 0.4) is 0 Å². The summed E-state index contributed by atoms with van der Waals surface area (Å²) in [6.45, 7) is 4.89. The molecule has 0 saturated heterocycles. The van der Waals surface area contributed by atoms with Gasteiger partial charge in [0.25, 0.3) is 5.91 Å². The highest BCUT2D eigenvalue weighted by atomic mass is 32.1. The van der Waals surface area contributed by atoms with E-state index in [1.807, 2.05) is 18.2 Å². The fourth-order valence-corrected chi connectivity index (χ4v) is 2.95. The number of nitrogen functional groups attached to an aromatic ring is 1. The van der Waals surface area contributed by atoms with E-state index in [0.717, 1.165) is 22.3 Å². The monoisotopic (exact) mass is 292 g/mol. The maximum Gasteiger partial charge on any atom is 0.263 e. The van der Waals surface area contributed by atoms with Crippen molar-refractivity contribution in [3.8, 4) is 5.75 Å². The Kier molecular flexibility index (Phi) is 4.49. The van der Waals surface area contributed by atoms with E-state index in [9.17, 15) is 4.79 Å². The van der Waals surface area contributed by atoms with E-state index in [0.29, 0.717) is 23.0 Å². The van der Waals surface area contributed by atoms with Crippen molar-refractivity contribution in [2.45, 2.75) is 20.3 Å². The number of nitrogens with two attached hydrogens (primary N) is 1. The number of nitrogens with one attached hydrogen (secondary N) is 1. The van der Waals surface area contributed by atoms with Crippen LogP contribution in [0, 0.1) is 5.92 Å². The molecule has 5 heteroatoms. The zero-order valence-corrected chi connectivity index (χ0v) is 12.8. The highest BCUT2D eigenvalue weighted by molar-refractivity contribution is 7.21. The number of carbonyl (C=O) groups excluding carboxylic acids is 1. The first-order valence-electron chi connectivity index (χ1n) is 6.71. The lowest BCUT2D eigenvalue weighted by Gasteiger charge is -2.09. The van der Waals surface area contributed by atoms with Gasteiger partial charge in [0.2, 0.25) is 0 Å². The molecule has 20 heavy (non-hydrogen) atoms. The second-order valence-corrected chi connectivity index (χ2v) is 5.98. The van der Waals surface area contributed by atoms with Crippen molar-refractivity contribution in [1.29, 1.82) is 0 Å². The smallest absolute Gasteiger partial charge is 0.263 e. The molecule has 1 heterocycles. The van der Waals surface area contributed by atoms with Crippen molar-refractivity contribution < 1.29 is 9.53 Å². The van der Waals surface area contributed by atoms with E-state index in [4.69, 9.17) is 10.5 Å². The average Bonchev–Trinajstić information content (AvgIpc) is 2.80. The molecule has 1 amide bonds. The SMILES string of the molecule is CCC(C)CNC(=O)c1sc2cc(OC)ccc2c1N. The molecule has 108 valence electrons. The van der Waals surface area contributed by atoms with Gasteiger partial charge in [-0.2, -0.15) is 0 Å². The molecule has 0 aliphatic rings. The number of benzene rings is 1. The molecule has 0 aliphatic carbocycles. The summed E-state index contributed by atoms with van der Waals surface area (Å²) in [6.07, 6.45) is 1.04. The van der Waals surface area contributed by atoms with Crippen LogP contribution in [0.4, 0.5) is 5.69 Å². The Labute approximate surface area is 122 Å². The third-order valence-corrected chi connectivity index (χ3v) is 4.62. The fraction of sp³-hybridized carbons (Fsp3) is 0.400. The molecular weight excluding hydrogens is 272 g/mol. The molecule has 0 radical (unpaired) electrons. The Hall–Kier alpha value is -1.75. The maximum atomic E-state index is 12.2. The number of anilines is 1. The molecule has 0 fully saturated rings. The van der Waals surface area contributed by atoms with Crippen molar-refractivity contribution in [2.24, 2.45) is 5.92 Å². The van der Waals surface area contributed by atoms with E-state index in [2.05, 4.69) is 19.2 Å². The number of fused-ring (bicyclic) bond motifs is 1. The minimum absolute atomic E-state index is 0.0945. The number of ether oxygens (including phenoxy) is 1. The summed E-state index contributed by atoms with van der Waals surface area (Å²) >= 11 is 1.40. The summed E-state index contributed by atoms with van der Waals surface area (Å²) in [5.74, 6) is 1.14. The van der Waals surface area contributed by atoms with Gasteiger partial charge in [-0.3, -0.25) is 4.79 Å². The van der Waals surface area contributed by atoms with Gasteiger partial charge in [-0.15, -0.1) is 11.3 Å². The van der Waals surface area contributed by atoms with Gasteiger partial charge in [-0.25, -0.2) is 0 Å². The zero-order chi connectivity index (χ0) is 14.7. The first-order chi connectivity index (χ1) is 9.56.